The summed E-state index contributed by atoms with van der Waals surface area (Å²) in [4.78, 5) is 11.0. The van der Waals surface area contributed by atoms with Gasteiger partial charge in [0, 0.05) is 5.56 Å². The van der Waals surface area contributed by atoms with Crippen molar-refractivity contribution in [3.63, 3.8) is 0 Å². The van der Waals surface area contributed by atoms with Crippen LogP contribution in [0.4, 0.5) is 0 Å². The first kappa shape index (κ1) is 8.51. The molecule has 0 aliphatic carbocycles. The van der Waals surface area contributed by atoms with Crippen molar-refractivity contribution >= 4 is 5.91 Å². The van der Waals surface area contributed by atoms with Crippen LogP contribution in [0.2, 0.25) is 0 Å². The molecule has 0 bridgehead atoms. The SMILES string of the molecule is NNNC(=O)c1cccc(O)c1. The van der Waals surface area contributed by atoms with Gasteiger partial charge < -0.3 is 5.11 Å². The predicted molar refractivity (Wildman–Crippen MR) is 42.9 cm³/mol. The lowest BCUT2D eigenvalue weighted by Gasteiger charge is -2.01. The zero-order chi connectivity index (χ0) is 8.97. The molecule has 0 unspecified atom stereocenters. The fourth-order valence-electron chi connectivity index (χ4n) is 0.785. The lowest BCUT2D eigenvalue weighted by Crippen LogP contribution is -2.42. The van der Waals surface area contributed by atoms with E-state index in [-0.39, 0.29) is 5.75 Å². The molecule has 0 aliphatic rings. The third-order valence-electron chi connectivity index (χ3n) is 1.29. The van der Waals surface area contributed by atoms with Crippen molar-refractivity contribution in [2.24, 2.45) is 5.84 Å². The van der Waals surface area contributed by atoms with Gasteiger partial charge in [0.2, 0.25) is 0 Å². The van der Waals surface area contributed by atoms with Gasteiger partial charge in [-0.05, 0) is 18.2 Å². The number of hydrogen-bond acceptors (Lipinski definition) is 4. The van der Waals surface area contributed by atoms with Gasteiger partial charge in [-0.2, -0.15) is 5.53 Å². The normalized spacial score (nSPS) is 9.42. The van der Waals surface area contributed by atoms with E-state index in [9.17, 15) is 4.79 Å². The monoisotopic (exact) mass is 167 g/mol. The maximum Gasteiger partial charge on any atom is 0.266 e. The number of hydrogen-bond donors (Lipinski definition) is 4. The molecule has 0 aromatic heterocycles. The summed E-state index contributed by atoms with van der Waals surface area (Å²) in [5, 5.41) is 9.00. The van der Waals surface area contributed by atoms with Crippen LogP contribution in [0.15, 0.2) is 24.3 Å². The molecule has 5 nitrogen and oxygen atoms in total. The van der Waals surface area contributed by atoms with Crippen molar-refractivity contribution in [1.29, 1.82) is 0 Å². The van der Waals surface area contributed by atoms with Crippen LogP contribution >= 0.6 is 0 Å². The summed E-state index contributed by atoms with van der Waals surface area (Å²) in [6.07, 6.45) is 0. The first-order valence-corrected chi connectivity index (χ1v) is 3.29. The number of aromatic hydroxyl groups is 1. The third kappa shape index (κ3) is 1.94. The molecule has 1 amide bonds. The van der Waals surface area contributed by atoms with Gasteiger partial charge in [-0.1, -0.05) is 6.07 Å². The van der Waals surface area contributed by atoms with E-state index in [4.69, 9.17) is 10.9 Å². The van der Waals surface area contributed by atoms with Gasteiger partial charge in [0.05, 0.1) is 0 Å². The first-order chi connectivity index (χ1) is 5.74. The molecule has 0 fully saturated rings. The second kappa shape index (κ2) is 3.70. The molecule has 1 aromatic carbocycles. The number of carbonyl (C=O) groups excluding carboxylic acids is 1. The molecular formula is C7H9N3O2. The molecule has 0 saturated carbocycles. The Morgan fingerprint density at radius 3 is 2.83 bits per heavy atom. The molecule has 0 spiro atoms. The van der Waals surface area contributed by atoms with E-state index >= 15 is 0 Å². The minimum absolute atomic E-state index is 0.0414. The van der Waals surface area contributed by atoms with E-state index in [0.29, 0.717) is 5.56 Å². The smallest absolute Gasteiger partial charge is 0.266 e. The van der Waals surface area contributed by atoms with Gasteiger partial charge in [-0.25, -0.2) is 0 Å². The third-order valence-corrected chi connectivity index (χ3v) is 1.29. The predicted octanol–water partition coefficient (Wildman–Crippen LogP) is -0.500. The maximum atomic E-state index is 11.0. The van der Waals surface area contributed by atoms with Crippen molar-refractivity contribution in [1.82, 2.24) is 11.0 Å². The fraction of sp³-hybridized carbons (Fsp3) is 0. The highest BCUT2D eigenvalue weighted by molar-refractivity contribution is 5.94. The van der Waals surface area contributed by atoms with Crippen molar-refractivity contribution in [2.45, 2.75) is 0 Å². The Hall–Kier alpha value is -1.59. The summed E-state index contributed by atoms with van der Waals surface area (Å²) in [5.74, 6) is 4.51. The highest BCUT2D eigenvalue weighted by atomic mass is 16.3. The summed E-state index contributed by atoms with van der Waals surface area (Å²) in [6.45, 7) is 0. The van der Waals surface area contributed by atoms with Crippen LogP contribution in [-0.2, 0) is 0 Å². The van der Waals surface area contributed by atoms with E-state index < -0.39 is 5.91 Å². The lowest BCUT2D eigenvalue weighted by molar-refractivity contribution is 0.0933. The average molecular weight is 167 g/mol. The van der Waals surface area contributed by atoms with Gasteiger partial charge in [-0.15, -0.1) is 0 Å². The number of phenols is 1. The van der Waals surface area contributed by atoms with E-state index in [2.05, 4.69) is 5.43 Å². The van der Waals surface area contributed by atoms with Crippen molar-refractivity contribution in [3.8, 4) is 5.75 Å². The molecule has 0 aliphatic heterocycles. The van der Waals surface area contributed by atoms with Gasteiger partial charge in [-0.3, -0.25) is 16.1 Å². The largest absolute Gasteiger partial charge is 0.508 e. The minimum atomic E-state index is -0.395. The number of carbonyl (C=O) groups is 1. The number of phenolic OH excluding ortho intramolecular Hbond substituents is 1. The van der Waals surface area contributed by atoms with E-state index in [1.54, 1.807) is 12.1 Å². The molecule has 64 valence electrons. The van der Waals surface area contributed by atoms with Crippen LogP contribution in [0.25, 0.3) is 0 Å². The molecule has 1 aromatic rings. The number of rotatable bonds is 2. The second-order valence-electron chi connectivity index (χ2n) is 2.15. The summed E-state index contributed by atoms with van der Waals surface area (Å²) in [7, 11) is 0. The molecule has 0 atom stereocenters. The second-order valence-corrected chi connectivity index (χ2v) is 2.15. The molecule has 1 rings (SSSR count). The quantitative estimate of drug-likeness (QED) is 0.353. The Kier molecular flexibility index (Phi) is 2.62. The van der Waals surface area contributed by atoms with Crippen LogP contribution in [0.3, 0.4) is 0 Å². The van der Waals surface area contributed by atoms with Gasteiger partial charge in [0.1, 0.15) is 5.75 Å². The van der Waals surface area contributed by atoms with Gasteiger partial charge in [0.15, 0.2) is 0 Å². The zero-order valence-electron chi connectivity index (χ0n) is 6.24. The average Bonchev–Trinajstić information content (AvgIpc) is 2.05. The Bertz CT molecular complexity index is 288. The lowest BCUT2D eigenvalue weighted by atomic mass is 10.2. The number of nitrogens with one attached hydrogen (secondary N) is 2. The summed E-state index contributed by atoms with van der Waals surface area (Å²) in [6, 6.07) is 5.95. The maximum absolute atomic E-state index is 11.0. The molecule has 5 heteroatoms. The van der Waals surface area contributed by atoms with Crippen molar-refractivity contribution < 1.29 is 9.90 Å². The molecule has 0 radical (unpaired) electrons. The molecule has 0 saturated heterocycles. The number of benzene rings is 1. The van der Waals surface area contributed by atoms with Crippen molar-refractivity contribution in [3.05, 3.63) is 29.8 Å². The number of hydrazine groups is 2. The van der Waals surface area contributed by atoms with Crippen LogP contribution in [0.1, 0.15) is 10.4 Å². The van der Waals surface area contributed by atoms with Crippen LogP contribution in [0, 0.1) is 0 Å². The van der Waals surface area contributed by atoms with Crippen LogP contribution < -0.4 is 16.8 Å². The highest BCUT2D eigenvalue weighted by Gasteiger charge is 2.03. The molecule has 0 heterocycles. The fourth-order valence-corrected chi connectivity index (χ4v) is 0.785. The molecule has 12 heavy (non-hydrogen) atoms. The number of nitrogens with two attached hydrogens (primary N) is 1. The Morgan fingerprint density at radius 2 is 2.25 bits per heavy atom. The minimum Gasteiger partial charge on any atom is -0.508 e. The summed E-state index contributed by atoms with van der Waals surface area (Å²) >= 11 is 0. The Labute approximate surface area is 69.1 Å². The van der Waals surface area contributed by atoms with E-state index in [1.165, 1.54) is 12.1 Å². The zero-order valence-corrected chi connectivity index (χ0v) is 6.24. The molecular weight excluding hydrogens is 158 g/mol. The Morgan fingerprint density at radius 1 is 1.50 bits per heavy atom. The van der Waals surface area contributed by atoms with Gasteiger partial charge >= 0.3 is 0 Å². The van der Waals surface area contributed by atoms with Crippen LogP contribution in [-0.4, -0.2) is 11.0 Å². The topological polar surface area (TPSA) is 87.4 Å². The first-order valence-electron chi connectivity index (χ1n) is 3.29. The summed E-state index contributed by atoms with van der Waals surface area (Å²) < 4.78 is 0. The standard InChI is InChI=1S/C7H9N3O2/c8-10-9-7(12)5-2-1-3-6(11)4-5/h1-4,10-11H,8H2,(H,9,12). The van der Waals surface area contributed by atoms with Crippen LogP contribution in [0.5, 0.6) is 5.75 Å². The molecule has 5 N–H and O–H groups in total. The number of amides is 1. The van der Waals surface area contributed by atoms with E-state index in [0.717, 1.165) is 0 Å². The van der Waals surface area contributed by atoms with Crippen molar-refractivity contribution in [2.75, 3.05) is 0 Å². The summed E-state index contributed by atoms with van der Waals surface area (Å²) in [5.41, 5.74) is 4.51. The highest BCUT2D eigenvalue weighted by Crippen LogP contribution is 2.09. The van der Waals surface area contributed by atoms with E-state index in [1.807, 2.05) is 5.53 Å². The Balaban J connectivity index is 2.81. The van der Waals surface area contributed by atoms with Gasteiger partial charge in [0.25, 0.3) is 5.91 Å².